The van der Waals surface area contributed by atoms with E-state index in [9.17, 15) is 9.59 Å². The zero-order chi connectivity index (χ0) is 17.2. The van der Waals surface area contributed by atoms with Crippen LogP contribution in [0.1, 0.15) is 37.0 Å². The molecule has 126 valence electrons. The van der Waals surface area contributed by atoms with Gasteiger partial charge < -0.3 is 5.32 Å². The highest BCUT2D eigenvalue weighted by atomic mass is 35.5. The topological polar surface area (TPSA) is 70.7 Å². The van der Waals surface area contributed by atoms with Crippen LogP contribution < -0.4 is 10.7 Å². The van der Waals surface area contributed by atoms with Crippen molar-refractivity contribution in [2.75, 3.05) is 6.61 Å². The lowest BCUT2D eigenvalue weighted by Gasteiger charge is -2.24. The molecule has 0 bridgehead atoms. The number of hydrogen-bond acceptors (Lipinski definition) is 4. The first-order valence-corrected chi connectivity index (χ1v) is 8.03. The molecule has 1 aromatic carbocycles. The van der Waals surface area contributed by atoms with Gasteiger partial charge in [0.05, 0.1) is 12.0 Å². The van der Waals surface area contributed by atoms with Gasteiger partial charge in [-0.2, -0.15) is 0 Å². The summed E-state index contributed by atoms with van der Waals surface area (Å²) < 4.78 is 0. The maximum Gasteiger partial charge on any atom is 0.297 e. The fraction of sp³-hybridized carbons (Fsp3) is 0.400. The average Bonchev–Trinajstić information content (AvgIpc) is 2.51. The van der Waals surface area contributed by atoms with E-state index in [0.29, 0.717) is 5.56 Å². The molecule has 2 N–H and O–H groups in total. The van der Waals surface area contributed by atoms with Gasteiger partial charge in [-0.25, -0.2) is 10.3 Å². The molecule has 8 heteroatoms. The maximum absolute atomic E-state index is 12.5. The van der Waals surface area contributed by atoms with E-state index in [0.717, 1.165) is 18.0 Å². The van der Waals surface area contributed by atoms with Gasteiger partial charge in [-0.15, -0.1) is 16.8 Å². The lowest BCUT2D eigenvalue weighted by Crippen LogP contribution is -2.51. The van der Waals surface area contributed by atoms with Gasteiger partial charge in [0.1, 0.15) is 0 Å². The molecule has 1 atom stereocenters. The predicted molar refractivity (Wildman–Crippen MR) is 92.7 cm³/mol. The molecule has 1 unspecified atom stereocenters. The van der Waals surface area contributed by atoms with Crippen molar-refractivity contribution < 1.29 is 14.4 Å². The van der Waals surface area contributed by atoms with E-state index in [-0.39, 0.29) is 23.0 Å². The number of amides is 2. The van der Waals surface area contributed by atoms with Gasteiger partial charge in [-0.3, -0.25) is 9.59 Å². The number of alkyl halides is 1. The Morgan fingerprint density at radius 3 is 2.57 bits per heavy atom. The van der Waals surface area contributed by atoms with E-state index in [2.05, 4.69) is 10.7 Å². The predicted octanol–water partition coefficient (Wildman–Crippen LogP) is 2.39. The smallest absolute Gasteiger partial charge is 0.297 e. The van der Waals surface area contributed by atoms with Gasteiger partial charge in [0, 0.05) is 12.5 Å². The highest BCUT2D eigenvalue weighted by Crippen LogP contribution is 2.08. The SMILES string of the molecule is CCCC(Cl)CON(NC(=S)NC(C)=O)C(=O)c1ccccc1. The van der Waals surface area contributed by atoms with Crippen molar-refractivity contribution in [2.45, 2.75) is 32.1 Å². The Bertz CT molecular complexity index is 542. The minimum atomic E-state index is -0.446. The van der Waals surface area contributed by atoms with E-state index in [1.54, 1.807) is 30.3 Å². The third kappa shape index (κ3) is 7.40. The van der Waals surface area contributed by atoms with Crippen LogP contribution in [0.5, 0.6) is 0 Å². The van der Waals surface area contributed by atoms with Crippen LogP contribution in [0, 0.1) is 0 Å². The molecule has 0 aliphatic heterocycles. The van der Waals surface area contributed by atoms with Crippen molar-refractivity contribution in [1.82, 2.24) is 15.9 Å². The van der Waals surface area contributed by atoms with E-state index in [4.69, 9.17) is 28.7 Å². The van der Waals surface area contributed by atoms with Crippen LogP contribution in [0.3, 0.4) is 0 Å². The molecule has 0 spiro atoms. The van der Waals surface area contributed by atoms with E-state index in [1.807, 2.05) is 6.92 Å². The number of hydroxylamine groups is 1. The molecule has 0 radical (unpaired) electrons. The summed E-state index contributed by atoms with van der Waals surface area (Å²) >= 11 is 11.1. The molecule has 0 fully saturated rings. The van der Waals surface area contributed by atoms with Crippen molar-refractivity contribution in [3.8, 4) is 0 Å². The lowest BCUT2D eigenvalue weighted by atomic mass is 10.2. The average molecular weight is 358 g/mol. The molecule has 0 aliphatic rings. The molecule has 0 saturated heterocycles. The largest absolute Gasteiger partial charge is 0.302 e. The summed E-state index contributed by atoms with van der Waals surface area (Å²) in [4.78, 5) is 28.9. The third-order valence-corrected chi connectivity index (χ3v) is 3.22. The summed E-state index contributed by atoms with van der Waals surface area (Å²) in [6.07, 6.45) is 1.66. The van der Waals surface area contributed by atoms with Gasteiger partial charge in [0.25, 0.3) is 5.91 Å². The van der Waals surface area contributed by atoms with Crippen molar-refractivity contribution in [3.05, 3.63) is 35.9 Å². The molecule has 0 heterocycles. The van der Waals surface area contributed by atoms with Crippen molar-refractivity contribution in [1.29, 1.82) is 0 Å². The van der Waals surface area contributed by atoms with Gasteiger partial charge in [0.2, 0.25) is 5.91 Å². The summed E-state index contributed by atoms with van der Waals surface area (Å²) in [5.41, 5.74) is 2.96. The molecular weight excluding hydrogens is 338 g/mol. The van der Waals surface area contributed by atoms with Crippen LogP contribution in [-0.4, -0.2) is 34.1 Å². The molecule has 0 aromatic heterocycles. The van der Waals surface area contributed by atoms with E-state index >= 15 is 0 Å². The molecule has 0 aliphatic carbocycles. The molecule has 1 rings (SSSR count). The number of thiocarbonyl (C=S) groups is 1. The number of halogens is 1. The normalized spacial score (nSPS) is 11.4. The number of hydrazine groups is 1. The van der Waals surface area contributed by atoms with Gasteiger partial charge >= 0.3 is 0 Å². The zero-order valence-electron chi connectivity index (χ0n) is 13.0. The fourth-order valence-electron chi connectivity index (χ4n) is 1.67. The van der Waals surface area contributed by atoms with Crippen LogP contribution in [0.4, 0.5) is 0 Å². The van der Waals surface area contributed by atoms with Crippen LogP contribution in [0.15, 0.2) is 30.3 Å². The van der Waals surface area contributed by atoms with Gasteiger partial charge in [0.15, 0.2) is 5.11 Å². The molecule has 0 saturated carbocycles. The van der Waals surface area contributed by atoms with E-state index in [1.165, 1.54) is 6.92 Å². The second-order valence-corrected chi connectivity index (χ2v) is 5.79. The lowest BCUT2D eigenvalue weighted by molar-refractivity contribution is -0.143. The highest BCUT2D eigenvalue weighted by molar-refractivity contribution is 7.80. The first-order valence-electron chi connectivity index (χ1n) is 7.18. The number of carbonyl (C=O) groups is 2. The molecule has 1 aromatic rings. The highest BCUT2D eigenvalue weighted by Gasteiger charge is 2.19. The van der Waals surface area contributed by atoms with Crippen molar-refractivity contribution in [3.63, 3.8) is 0 Å². The minimum absolute atomic E-state index is 0.0385. The number of carbonyl (C=O) groups excluding carboxylic acids is 2. The summed E-state index contributed by atoms with van der Waals surface area (Å²) in [6, 6.07) is 8.56. The van der Waals surface area contributed by atoms with Gasteiger partial charge in [-0.05, 0) is 30.8 Å². The second kappa shape index (κ2) is 10.1. The van der Waals surface area contributed by atoms with Crippen LogP contribution in [0.2, 0.25) is 0 Å². The summed E-state index contributed by atoms with van der Waals surface area (Å²) in [6.45, 7) is 3.45. The Morgan fingerprint density at radius 1 is 1.35 bits per heavy atom. The Balaban J connectivity index is 2.76. The Kier molecular flexibility index (Phi) is 8.53. The maximum atomic E-state index is 12.5. The number of nitrogens with zero attached hydrogens (tertiary/aromatic N) is 1. The summed E-state index contributed by atoms with van der Waals surface area (Å²) in [7, 11) is 0. The quantitative estimate of drug-likeness (QED) is 0.464. The summed E-state index contributed by atoms with van der Waals surface area (Å²) in [5.74, 6) is -0.797. The molecular formula is C15H20ClN3O3S. The minimum Gasteiger partial charge on any atom is -0.302 e. The first kappa shape index (κ1) is 19.3. The number of nitrogens with one attached hydrogen (secondary N) is 2. The van der Waals surface area contributed by atoms with Crippen LogP contribution in [-0.2, 0) is 9.63 Å². The summed E-state index contributed by atoms with van der Waals surface area (Å²) in [5, 5.41) is 2.98. The molecule has 2 amide bonds. The Hall–Kier alpha value is -1.70. The first-order chi connectivity index (χ1) is 10.9. The Morgan fingerprint density at radius 2 is 2.00 bits per heavy atom. The van der Waals surface area contributed by atoms with Crippen molar-refractivity contribution in [2.24, 2.45) is 0 Å². The van der Waals surface area contributed by atoms with Crippen LogP contribution >= 0.6 is 23.8 Å². The monoisotopic (exact) mass is 357 g/mol. The van der Waals surface area contributed by atoms with Crippen molar-refractivity contribution >= 4 is 40.7 Å². The number of hydrogen-bond donors (Lipinski definition) is 2. The molecule has 6 nitrogen and oxygen atoms in total. The number of rotatable bonds is 6. The van der Waals surface area contributed by atoms with Crippen LogP contribution in [0.25, 0.3) is 0 Å². The fourth-order valence-corrected chi connectivity index (χ4v) is 2.17. The third-order valence-electron chi connectivity index (χ3n) is 2.68. The zero-order valence-corrected chi connectivity index (χ0v) is 14.6. The number of benzene rings is 1. The van der Waals surface area contributed by atoms with E-state index < -0.39 is 5.91 Å². The Labute approximate surface area is 146 Å². The second-order valence-electron chi connectivity index (χ2n) is 4.77. The van der Waals surface area contributed by atoms with Gasteiger partial charge in [-0.1, -0.05) is 31.5 Å². The standard InChI is InChI=1S/C15H20ClN3O3S/c1-3-7-13(16)10-22-19(18-15(23)17-11(2)20)14(21)12-8-5-4-6-9-12/h4-6,8-9,13H,3,7,10H2,1-2H3,(H2,17,18,20,23). The molecule has 23 heavy (non-hydrogen) atoms.